The molecule has 0 aliphatic carbocycles. The molecule has 0 atom stereocenters. The van der Waals surface area contributed by atoms with Gasteiger partial charge in [0.2, 0.25) is 0 Å². The standard InChI is InChI=1S/C14H12FNO/c1-10(17)13-4-2-3-5-14(13)16-12-8-6-11(15)7-9-12/h2-9,16H,1H3. The Kier molecular flexibility index (Phi) is 3.19. The van der Waals surface area contributed by atoms with Crippen LogP contribution < -0.4 is 5.32 Å². The summed E-state index contributed by atoms with van der Waals surface area (Å²) in [5, 5.41) is 3.09. The van der Waals surface area contributed by atoms with Crippen LogP contribution in [0.1, 0.15) is 17.3 Å². The SMILES string of the molecule is CC(=O)c1ccccc1Nc1ccc(F)cc1. The van der Waals surface area contributed by atoms with Crippen molar-refractivity contribution in [1.82, 2.24) is 0 Å². The highest BCUT2D eigenvalue weighted by Gasteiger charge is 2.05. The minimum absolute atomic E-state index is 0.00443. The molecular formula is C14H12FNO. The Hall–Kier alpha value is -2.16. The molecule has 0 saturated carbocycles. The Labute approximate surface area is 99.1 Å². The van der Waals surface area contributed by atoms with Gasteiger partial charge in [0.05, 0.1) is 0 Å². The molecular weight excluding hydrogens is 217 g/mol. The van der Waals surface area contributed by atoms with E-state index in [-0.39, 0.29) is 11.6 Å². The van der Waals surface area contributed by atoms with E-state index >= 15 is 0 Å². The number of Topliss-reactive ketones (excluding diaryl/α,β-unsaturated/α-hetero) is 1. The topological polar surface area (TPSA) is 29.1 Å². The molecule has 0 aromatic heterocycles. The summed E-state index contributed by atoms with van der Waals surface area (Å²) in [5.74, 6) is -0.286. The van der Waals surface area contributed by atoms with Crippen LogP contribution in [0.25, 0.3) is 0 Å². The molecule has 0 heterocycles. The molecule has 0 unspecified atom stereocenters. The Morgan fingerprint density at radius 3 is 2.35 bits per heavy atom. The van der Waals surface area contributed by atoms with Crippen molar-refractivity contribution in [2.75, 3.05) is 5.32 Å². The van der Waals surface area contributed by atoms with Crippen molar-refractivity contribution >= 4 is 17.2 Å². The summed E-state index contributed by atoms with van der Waals surface area (Å²) in [6.07, 6.45) is 0. The van der Waals surface area contributed by atoms with Crippen molar-refractivity contribution in [3.05, 3.63) is 59.9 Å². The molecule has 2 rings (SSSR count). The summed E-state index contributed by atoms with van der Waals surface area (Å²) in [6.45, 7) is 1.52. The maximum Gasteiger partial charge on any atom is 0.161 e. The molecule has 3 heteroatoms. The first-order chi connectivity index (χ1) is 8.16. The lowest BCUT2D eigenvalue weighted by molar-refractivity contribution is 0.101. The van der Waals surface area contributed by atoms with Crippen LogP contribution in [-0.2, 0) is 0 Å². The highest BCUT2D eigenvalue weighted by Crippen LogP contribution is 2.21. The number of hydrogen-bond acceptors (Lipinski definition) is 2. The fourth-order valence-electron chi connectivity index (χ4n) is 1.59. The highest BCUT2D eigenvalue weighted by atomic mass is 19.1. The van der Waals surface area contributed by atoms with E-state index in [1.54, 1.807) is 18.2 Å². The van der Waals surface area contributed by atoms with Gasteiger partial charge in [0, 0.05) is 16.9 Å². The predicted molar refractivity (Wildman–Crippen MR) is 66.1 cm³/mol. The molecule has 2 aromatic carbocycles. The zero-order valence-corrected chi connectivity index (χ0v) is 9.41. The van der Waals surface area contributed by atoms with Crippen LogP contribution in [0.2, 0.25) is 0 Å². The number of nitrogens with one attached hydrogen (secondary N) is 1. The highest BCUT2D eigenvalue weighted by molar-refractivity contribution is 6.00. The van der Waals surface area contributed by atoms with Crippen LogP contribution in [0.15, 0.2) is 48.5 Å². The summed E-state index contributed by atoms with van der Waals surface area (Å²) < 4.78 is 12.8. The Balaban J connectivity index is 2.30. The normalized spacial score (nSPS) is 10.0. The zero-order chi connectivity index (χ0) is 12.3. The first kappa shape index (κ1) is 11.3. The summed E-state index contributed by atoms with van der Waals surface area (Å²) in [6, 6.07) is 13.2. The van der Waals surface area contributed by atoms with E-state index < -0.39 is 0 Å². The molecule has 1 N–H and O–H groups in total. The number of rotatable bonds is 3. The summed E-state index contributed by atoms with van der Waals surface area (Å²) in [4.78, 5) is 11.4. The van der Waals surface area contributed by atoms with Crippen LogP contribution in [0.3, 0.4) is 0 Å². The smallest absolute Gasteiger partial charge is 0.161 e. The lowest BCUT2D eigenvalue weighted by Gasteiger charge is -2.09. The third-order valence-electron chi connectivity index (χ3n) is 2.43. The average molecular weight is 229 g/mol. The lowest BCUT2D eigenvalue weighted by Crippen LogP contribution is -1.99. The molecule has 0 aliphatic heterocycles. The van der Waals surface area contributed by atoms with Crippen molar-refractivity contribution in [2.24, 2.45) is 0 Å². The number of ketones is 1. The predicted octanol–water partition coefficient (Wildman–Crippen LogP) is 3.77. The van der Waals surface area contributed by atoms with Gasteiger partial charge >= 0.3 is 0 Å². The maximum atomic E-state index is 12.8. The molecule has 0 aliphatic rings. The zero-order valence-electron chi connectivity index (χ0n) is 9.41. The van der Waals surface area contributed by atoms with Gasteiger partial charge in [-0.05, 0) is 43.3 Å². The van der Waals surface area contributed by atoms with E-state index in [0.717, 1.165) is 11.4 Å². The molecule has 0 spiro atoms. The van der Waals surface area contributed by atoms with Gasteiger partial charge in [-0.2, -0.15) is 0 Å². The van der Waals surface area contributed by atoms with Gasteiger partial charge in [0.25, 0.3) is 0 Å². The van der Waals surface area contributed by atoms with Gasteiger partial charge in [0.1, 0.15) is 5.82 Å². The van der Waals surface area contributed by atoms with Gasteiger partial charge in [-0.1, -0.05) is 12.1 Å². The third-order valence-corrected chi connectivity index (χ3v) is 2.43. The number of halogens is 1. The van der Waals surface area contributed by atoms with Crippen LogP contribution in [0.5, 0.6) is 0 Å². The van der Waals surface area contributed by atoms with Gasteiger partial charge in [-0.15, -0.1) is 0 Å². The van der Waals surface area contributed by atoms with Crippen LogP contribution in [0.4, 0.5) is 15.8 Å². The second kappa shape index (κ2) is 4.78. The minimum Gasteiger partial charge on any atom is -0.355 e. The van der Waals surface area contributed by atoms with E-state index in [4.69, 9.17) is 0 Å². The number of hydrogen-bond donors (Lipinski definition) is 1. The van der Waals surface area contributed by atoms with Crippen LogP contribution in [0, 0.1) is 5.82 Å². The molecule has 0 amide bonds. The van der Waals surface area contributed by atoms with Crippen LogP contribution >= 0.6 is 0 Å². The number of anilines is 2. The maximum absolute atomic E-state index is 12.8. The van der Waals surface area contributed by atoms with Crippen molar-refractivity contribution in [1.29, 1.82) is 0 Å². The van der Waals surface area contributed by atoms with E-state index in [9.17, 15) is 9.18 Å². The van der Waals surface area contributed by atoms with Crippen molar-refractivity contribution in [3.63, 3.8) is 0 Å². The average Bonchev–Trinajstić information content (AvgIpc) is 2.32. The monoisotopic (exact) mass is 229 g/mol. The number of benzene rings is 2. The molecule has 2 nitrogen and oxygen atoms in total. The molecule has 86 valence electrons. The van der Waals surface area contributed by atoms with E-state index in [2.05, 4.69) is 5.32 Å². The number of para-hydroxylation sites is 1. The fourth-order valence-corrected chi connectivity index (χ4v) is 1.59. The van der Waals surface area contributed by atoms with Crippen molar-refractivity contribution in [3.8, 4) is 0 Å². The van der Waals surface area contributed by atoms with Gasteiger partial charge in [-0.25, -0.2) is 4.39 Å². The first-order valence-corrected chi connectivity index (χ1v) is 5.29. The summed E-state index contributed by atoms with van der Waals surface area (Å²) >= 11 is 0. The molecule has 0 saturated heterocycles. The summed E-state index contributed by atoms with van der Waals surface area (Å²) in [5.41, 5.74) is 2.10. The van der Waals surface area contributed by atoms with Crippen LogP contribution in [-0.4, -0.2) is 5.78 Å². The Morgan fingerprint density at radius 1 is 1.06 bits per heavy atom. The molecule has 0 fully saturated rings. The summed E-state index contributed by atoms with van der Waals surface area (Å²) in [7, 11) is 0. The second-order valence-electron chi connectivity index (χ2n) is 3.73. The Morgan fingerprint density at radius 2 is 1.71 bits per heavy atom. The number of carbonyl (C=O) groups excluding carboxylic acids is 1. The first-order valence-electron chi connectivity index (χ1n) is 5.29. The van der Waals surface area contributed by atoms with Gasteiger partial charge in [-0.3, -0.25) is 4.79 Å². The molecule has 17 heavy (non-hydrogen) atoms. The van der Waals surface area contributed by atoms with Crippen molar-refractivity contribution in [2.45, 2.75) is 6.92 Å². The third kappa shape index (κ3) is 2.69. The van der Waals surface area contributed by atoms with E-state index in [1.165, 1.54) is 19.1 Å². The van der Waals surface area contributed by atoms with E-state index in [0.29, 0.717) is 5.56 Å². The van der Waals surface area contributed by atoms with Gasteiger partial charge in [0.15, 0.2) is 5.78 Å². The van der Waals surface area contributed by atoms with E-state index in [1.807, 2.05) is 18.2 Å². The molecule has 0 bridgehead atoms. The lowest BCUT2D eigenvalue weighted by atomic mass is 10.1. The minimum atomic E-state index is -0.282. The largest absolute Gasteiger partial charge is 0.355 e. The van der Waals surface area contributed by atoms with Gasteiger partial charge < -0.3 is 5.32 Å². The fraction of sp³-hybridized carbons (Fsp3) is 0.0714. The number of carbonyl (C=O) groups is 1. The Bertz CT molecular complexity index is 534. The second-order valence-corrected chi connectivity index (χ2v) is 3.73. The molecule has 0 radical (unpaired) electrons. The quantitative estimate of drug-likeness (QED) is 0.811. The van der Waals surface area contributed by atoms with Crippen molar-refractivity contribution < 1.29 is 9.18 Å². The molecule has 2 aromatic rings.